The third kappa shape index (κ3) is 5.00. The minimum atomic E-state index is -4.15. The number of sulfonamides is 1. The third-order valence-electron chi connectivity index (χ3n) is 2.94. The van der Waals surface area contributed by atoms with Crippen LogP contribution in [-0.4, -0.2) is 40.7 Å². The second-order valence-electron chi connectivity index (χ2n) is 4.95. The number of sulfone groups is 1. The summed E-state index contributed by atoms with van der Waals surface area (Å²) in [5.74, 6) is -0.468. The van der Waals surface area contributed by atoms with Crippen LogP contribution in [0.1, 0.15) is 12.6 Å². The molecule has 1 N–H and O–H groups in total. The molecule has 0 aliphatic carbocycles. The predicted molar refractivity (Wildman–Crippen MR) is 92.8 cm³/mol. The maximum Gasteiger partial charge on any atom is 0.311 e. The van der Waals surface area contributed by atoms with Crippen LogP contribution in [0.4, 0.5) is 5.13 Å². The Kier molecular flexibility index (Phi) is 5.80. The van der Waals surface area contributed by atoms with Crippen molar-refractivity contribution in [3.05, 3.63) is 35.3 Å². The number of nitrogens with one attached hydrogen (secondary N) is 1. The average molecular weight is 404 g/mol. The molecule has 1 aromatic heterocycles. The van der Waals surface area contributed by atoms with Crippen LogP contribution in [0.25, 0.3) is 0 Å². The van der Waals surface area contributed by atoms with Crippen molar-refractivity contribution < 1.29 is 26.4 Å². The van der Waals surface area contributed by atoms with Gasteiger partial charge in [-0.2, -0.15) is 0 Å². The molecule has 0 fully saturated rings. The molecule has 2 aromatic rings. The monoisotopic (exact) mass is 404 g/mol. The zero-order chi connectivity index (χ0) is 18.7. The smallest absolute Gasteiger partial charge is 0.311 e. The van der Waals surface area contributed by atoms with Gasteiger partial charge < -0.3 is 4.74 Å². The van der Waals surface area contributed by atoms with Crippen molar-refractivity contribution in [3.8, 4) is 0 Å². The number of nitrogens with zero attached hydrogens (tertiary/aromatic N) is 1. The first-order chi connectivity index (χ1) is 11.6. The molecule has 8 nitrogen and oxygen atoms in total. The number of carbonyl (C=O) groups excluding carboxylic acids is 1. The molecule has 0 saturated carbocycles. The van der Waals surface area contributed by atoms with Crippen molar-refractivity contribution in [2.24, 2.45) is 0 Å². The van der Waals surface area contributed by atoms with Gasteiger partial charge in [-0.15, -0.1) is 11.3 Å². The van der Waals surface area contributed by atoms with Crippen LogP contribution in [0.3, 0.4) is 0 Å². The van der Waals surface area contributed by atoms with E-state index in [1.54, 1.807) is 6.92 Å². The number of hydrogen-bond acceptors (Lipinski definition) is 8. The molecule has 11 heteroatoms. The number of benzene rings is 1. The van der Waals surface area contributed by atoms with Crippen LogP contribution in [0, 0.1) is 0 Å². The summed E-state index contributed by atoms with van der Waals surface area (Å²) in [6.45, 7) is 1.92. The van der Waals surface area contributed by atoms with Gasteiger partial charge in [0.25, 0.3) is 10.0 Å². The van der Waals surface area contributed by atoms with Gasteiger partial charge in [0.15, 0.2) is 15.0 Å². The van der Waals surface area contributed by atoms with E-state index in [0.717, 1.165) is 17.6 Å². The molecule has 0 bridgehead atoms. The molecule has 0 spiro atoms. The Morgan fingerprint density at radius 1 is 1.20 bits per heavy atom. The fourth-order valence-electron chi connectivity index (χ4n) is 1.94. The Bertz CT molecular complexity index is 980. The number of hydrogen-bond donors (Lipinski definition) is 1. The van der Waals surface area contributed by atoms with Crippen LogP contribution in [-0.2, 0) is 35.8 Å². The summed E-state index contributed by atoms with van der Waals surface area (Å²) in [5.41, 5.74) is 0.359. The van der Waals surface area contributed by atoms with E-state index in [4.69, 9.17) is 4.74 Å². The normalized spacial score (nSPS) is 11.9. The molecule has 0 aliphatic rings. The molecule has 25 heavy (non-hydrogen) atoms. The minimum absolute atomic E-state index is 0.0302. The zero-order valence-electron chi connectivity index (χ0n) is 13.4. The van der Waals surface area contributed by atoms with Crippen molar-refractivity contribution in [1.29, 1.82) is 0 Å². The highest BCUT2D eigenvalue weighted by molar-refractivity contribution is 7.95. The average Bonchev–Trinajstić information content (AvgIpc) is 2.93. The summed E-state index contributed by atoms with van der Waals surface area (Å²) in [6, 6.07) is 5.29. The van der Waals surface area contributed by atoms with Gasteiger partial charge in [-0.05, 0) is 19.1 Å². The highest BCUT2D eigenvalue weighted by Crippen LogP contribution is 2.25. The van der Waals surface area contributed by atoms with E-state index in [-0.39, 0.29) is 28.0 Å². The highest BCUT2D eigenvalue weighted by atomic mass is 32.2. The lowest BCUT2D eigenvalue weighted by molar-refractivity contribution is -0.142. The molecular formula is C14H16N2O6S3. The highest BCUT2D eigenvalue weighted by Gasteiger charge is 2.24. The molecule has 136 valence electrons. The van der Waals surface area contributed by atoms with Crippen LogP contribution in [0.2, 0.25) is 0 Å². The van der Waals surface area contributed by atoms with Gasteiger partial charge in [-0.25, -0.2) is 21.8 Å². The Balaban J connectivity index is 2.26. The van der Waals surface area contributed by atoms with Crippen molar-refractivity contribution in [1.82, 2.24) is 4.98 Å². The molecule has 0 atom stereocenters. The van der Waals surface area contributed by atoms with Gasteiger partial charge in [0.05, 0.1) is 23.6 Å². The van der Waals surface area contributed by atoms with Gasteiger partial charge in [0.2, 0.25) is 0 Å². The molecule has 2 rings (SSSR count). The lowest BCUT2D eigenvalue weighted by Gasteiger charge is -2.09. The van der Waals surface area contributed by atoms with E-state index in [1.807, 2.05) is 0 Å². The number of thiazole rings is 1. The summed E-state index contributed by atoms with van der Waals surface area (Å²) < 4.78 is 55.6. The van der Waals surface area contributed by atoms with Gasteiger partial charge in [0, 0.05) is 11.6 Å². The predicted octanol–water partition coefficient (Wildman–Crippen LogP) is 1.45. The van der Waals surface area contributed by atoms with E-state index >= 15 is 0 Å². The van der Waals surface area contributed by atoms with E-state index in [9.17, 15) is 21.6 Å². The quantitative estimate of drug-likeness (QED) is 0.694. The summed E-state index contributed by atoms with van der Waals surface area (Å²) in [6.07, 6.45) is 0.855. The minimum Gasteiger partial charge on any atom is -0.466 e. The van der Waals surface area contributed by atoms with Crippen molar-refractivity contribution in [2.75, 3.05) is 17.6 Å². The molecule has 0 aliphatic heterocycles. The maximum atomic E-state index is 12.5. The summed E-state index contributed by atoms with van der Waals surface area (Å²) >= 11 is 0.986. The van der Waals surface area contributed by atoms with Crippen molar-refractivity contribution in [3.63, 3.8) is 0 Å². The van der Waals surface area contributed by atoms with Crippen molar-refractivity contribution in [2.45, 2.75) is 23.1 Å². The topological polar surface area (TPSA) is 119 Å². The Labute approximate surface area is 149 Å². The number of ether oxygens (including phenoxy) is 1. The van der Waals surface area contributed by atoms with Crippen LogP contribution >= 0.6 is 11.3 Å². The summed E-state index contributed by atoms with van der Waals surface area (Å²) in [4.78, 5) is 14.8. The van der Waals surface area contributed by atoms with Gasteiger partial charge in [-0.1, -0.05) is 12.1 Å². The molecule has 0 radical (unpaired) electrons. The Morgan fingerprint density at radius 2 is 1.84 bits per heavy atom. The number of esters is 1. The van der Waals surface area contributed by atoms with Gasteiger partial charge in [-0.3, -0.25) is 9.52 Å². The van der Waals surface area contributed by atoms with E-state index in [2.05, 4.69) is 9.71 Å². The maximum absolute atomic E-state index is 12.5. The largest absolute Gasteiger partial charge is 0.466 e. The van der Waals surface area contributed by atoms with Crippen LogP contribution in [0.15, 0.2) is 39.4 Å². The molecule has 1 heterocycles. The molecule has 0 saturated heterocycles. The number of anilines is 1. The molecule has 0 amide bonds. The fraction of sp³-hybridized carbons (Fsp3) is 0.286. The van der Waals surface area contributed by atoms with E-state index < -0.39 is 25.8 Å². The van der Waals surface area contributed by atoms with Gasteiger partial charge in [0.1, 0.15) is 4.90 Å². The number of carbonyl (C=O) groups is 1. The van der Waals surface area contributed by atoms with E-state index in [1.165, 1.54) is 29.6 Å². The lowest BCUT2D eigenvalue weighted by atomic mass is 10.3. The zero-order valence-corrected chi connectivity index (χ0v) is 15.9. The summed E-state index contributed by atoms with van der Waals surface area (Å²) in [5, 5.41) is 1.56. The second-order valence-corrected chi connectivity index (χ2v) is 9.44. The number of aromatic nitrogens is 1. The fourth-order valence-corrected chi connectivity index (χ4v) is 5.54. The first-order valence-corrected chi connectivity index (χ1v) is 11.3. The van der Waals surface area contributed by atoms with Gasteiger partial charge >= 0.3 is 5.97 Å². The first-order valence-electron chi connectivity index (χ1n) is 7.05. The van der Waals surface area contributed by atoms with Crippen molar-refractivity contribution >= 4 is 42.3 Å². The molecule has 0 unspecified atom stereocenters. The Hall–Kier alpha value is -1.98. The SMILES string of the molecule is CCOC(=O)Cc1csc(NS(=O)(=O)c2ccccc2S(C)(=O)=O)n1. The standard InChI is InChI=1S/C14H16N2O6S3/c1-3-22-13(17)8-10-9-23-14(15-10)16-25(20,21)12-7-5-4-6-11(12)24(2,18)19/h4-7,9H,3,8H2,1-2H3,(H,15,16). The lowest BCUT2D eigenvalue weighted by Crippen LogP contribution is -2.16. The number of rotatable bonds is 7. The Morgan fingerprint density at radius 3 is 2.44 bits per heavy atom. The second kappa shape index (κ2) is 7.50. The summed E-state index contributed by atoms with van der Waals surface area (Å²) in [7, 11) is -7.87. The molecular weight excluding hydrogens is 388 g/mol. The van der Waals surface area contributed by atoms with E-state index in [0.29, 0.717) is 5.69 Å². The first kappa shape index (κ1) is 19.3. The molecule has 1 aromatic carbocycles. The van der Waals surface area contributed by atoms with Crippen LogP contribution < -0.4 is 4.72 Å². The van der Waals surface area contributed by atoms with Crippen LogP contribution in [0.5, 0.6) is 0 Å². The third-order valence-corrected chi connectivity index (χ3v) is 6.56.